The molecule has 0 amide bonds. The first-order chi connectivity index (χ1) is 7.04. The van der Waals surface area contributed by atoms with Gasteiger partial charge < -0.3 is 0 Å². The van der Waals surface area contributed by atoms with Gasteiger partial charge in [0, 0.05) is 3.57 Å². The number of hydrogen-bond donors (Lipinski definition) is 0. The van der Waals surface area contributed by atoms with Crippen LogP contribution in [0, 0.1) is 3.57 Å². The minimum absolute atomic E-state index is 0.593. The van der Waals surface area contributed by atoms with Crippen LogP contribution in [0.4, 0.5) is 0 Å². The summed E-state index contributed by atoms with van der Waals surface area (Å²) < 4.78 is 1.32. The second-order valence-corrected chi connectivity index (χ2v) is 5.52. The molecule has 0 N–H and O–H groups in total. The third kappa shape index (κ3) is 3.63. The van der Waals surface area contributed by atoms with Crippen molar-refractivity contribution >= 4 is 28.7 Å². The van der Waals surface area contributed by atoms with Crippen molar-refractivity contribution in [2.24, 2.45) is 0 Å². The Labute approximate surface area is 107 Å². The lowest BCUT2D eigenvalue weighted by molar-refractivity contribution is 0.862. The van der Waals surface area contributed by atoms with Gasteiger partial charge >= 0.3 is 0 Å². The van der Waals surface area contributed by atoms with E-state index in [1.54, 1.807) is 0 Å². The fraction of sp³-hybridized carbons (Fsp3) is 0.429. The Morgan fingerprint density at radius 3 is 2.60 bits per heavy atom. The SMILES string of the molecule is CC/C(C)=C\c1ccc(I)cc1C(C)C. The molecule has 15 heavy (non-hydrogen) atoms. The number of benzene rings is 1. The smallest absolute Gasteiger partial charge is 0.0133 e. The highest BCUT2D eigenvalue weighted by Gasteiger charge is 2.05. The van der Waals surface area contributed by atoms with Gasteiger partial charge in [-0.05, 0) is 65.1 Å². The summed E-state index contributed by atoms with van der Waals surface area (Å²) in [5.74, 6) is 0.593. The molecule has 0 atom stereocenters. The zero-order chi connectivity index (χ0) is 11.4. The molecule has 0 aliphatic heterocycles. The average molecular weight is 314 g/mol. The molecule has 82 valence electrons. The first kappa shape index (κ1) is 12.8. The maximum Gasteiger partial charge on any atom is 0.0133 e. The summed E-state index contributed by atoms with van der Waals surface area (Å²) in [7, 11) is 0. The minimum Gasteiger partial charge on any atom is -0.0730 e. The Kier molecular flexibility index (Phi) is 4.84. The molecule has 0 unspecified atom stereocenters. The quantitative estimate of drug-likeness (QED) is 0.670. The molecule has 0 nitrogen and oxygen atoms in total. The van der Waals surface area contributed by atoms with Crippen molar-refractivity contribution in [3.63, 3.8) is 0 Å². The highest BCUT2D eigenvalue weighted by Crippen LogP contribution is 2.24. The Morgan fingerprint density at radius 1 is 1.40 bits per heavy atom. The number of rotatable bonds is 3. The largest absolute Gasteiger partial charge is 0.0730 e. The van der Waals surface area contributed by atoms with Gasteiger partial charge in [0.25, 0.3) is 0 Å². The fourth-order valence-electron chi connectivity index (χ4n) is 1.54. The van der Waals surface area contributed by atoms with E-state index in [4.69, 9.17) is 0 Å². The molecule has 0 heterocycles. The monoisotopic (exact) mass is 314 g/mol. The highest BCUT2D eigenvalue weighted by atomic mass is 127. The van der Waals surface area contributed by atoms with Crippen LogP contribution < -0.4 is 0 Å². The van der Waals surface area contributed by atoms with Crippen molar-refractivity contribution in [1.29, 1.82) is 0 Å². The Hall–Kier alpha value is -0.310. The molecule has 0 radical (unpaired) electrons. The summed E-state index contributed by atoms with van der Waals surface area (Å²) in [4.78, 5) is 0. The van der Waals surface area contributed by atoms with Gasteiger partial charge in [-0.25, -0.2) is 0 Å². The van der Waals surface area contributed by atoms with Crippen LogP contribution in [0.25, 0.3) is 6.08 Å². The zero-order valence-corrected chi connectivity index (χ0v) is 12.1. The fourth-order valence-corrected chi connectivity index (χ4v) is 2.06. The highest BCUT2D eigenvalue weighted by molar-refractivity contribution is 14.1. The predicted octanol–water partition coefficient (Wildman–Crippen LogP) is 5.23. The van der Waals surface area contributed by atoms with E-state index in [0.717, 1.165) is 6.42 Å². The standard InChI is InChI=1S/C14H19I/c1-5-11(4)8-12-6-7-13(15)9-14(12)10(2)3/h6-10H,5H2,1-4H3/b11-8-. The maximum atomic E-state index is 2.38. The lowest BCUT2D eigenvalue weighted by atomic mass is 9.96. The minimum atomic E-state index is 0.593. The van der Waals surface area contributed by atoms with Crippen molar-refractivity contribution < 1.29 is 0 Å². The third-order valence-electron chi connectivity index (χ3n) is 2.63. The van der Waals surface area contributed by atoms with E-state index in [0.29, 0.717) is 5.92 Å². The number of hydrogen-bond acceptors (Lipinski definition) is 0. The molecule has 1 aromatic carbocycles. The third-order valence-corrected chi connectivity index (χ3v) is 3.30. The Morgan fingerprint density at radius 2 is 2.07 bits per heavy atom. The lowest BCUT2D eigenvalue weighted by Gasteiger charge is -2.11. The van der Waals surface area contributed by atoms with Gasteiger partial charge in [0.15, 0.2) is 0 Å². The number of halogens is 1. The van der Waals surface area contributed by atoms with E-state index in [-0.39, 0.29) is 0 Å². The summed E-state index contributed by atoms with van der Waals surface area (Å²) in [6, 6.07) is 6.71. The second kappa shape index (κ2) is 5.69. The van der Waals surface area contributed by atoms with Crippen LogP contribution in [0.15, 0.2) is 23.8 Å². The van der Waals surface area contributed by atoms with Crippen molar-refractivity contribution in [2.45, 2.75) is 40.0 Å². The Bertz CT molecular complexity index is 362. The maximum absolute atomic E-state index is 2.38. The predicted molar refractivity (Wildman–Crippen MR) is 77.2 cm³/mol. The topological polar surface area (TPSA) is 0 Å². The van der Waals surface area contributed by atoms with Crippen molar-refractivity contribution in [3.8, 4) is 0 Å². The molecule has 0 saturated carbocycles. The van der Waals surface area contributed by atoms with E-state index in [1.807, 2.05) is 0 Å². The lowest BCUT2D eigenvalue weighted by Crippen LogP contribution is -1.93. The molecule has 0 bridgehead atoms. The molecule has 0 fully saturated rings. The molecule has 0 aliphatic rings. The van der Waals surface area contributed by atoms with Gasteiger partial charge in [-0.1, -0.05) is 38.5 Å². The number of allylic oxidation sites excluding steroid dienone is 1. The van der Waals surface area contributed by atoms with E-state index < -0.39 is 0 Å². The summed E-state index contributed by atoms with van der Waals surface area (Å²) >= 11 is 2.38. The summed E-state index contributed by atoms with van der Waals surface area (Å²) in [5.41, 5.74) is 4.28. The Balaban J connectivity index is 3.17. The first-order valence-electron chi connectivity index (χ1n) is 5.51. The summed E-state index contributed by atoms with van der Waals surface area (Å²) in [5, 5.41) is 0. The molecular formula is C14H19I. The normalized spacial score (nSPS) is 12.3. The van der Waals surface area contributed by atoms with Crippen LogP contribution in [0.3, 0.4) is 0 Å². The first-order valence-corrected chi connectivity index (χ1v) is 6.59. The van der Waals surface area contributed by atoms with Gasteiger partial charge in [0.05, 0.1) is 0 Å². The van der Waals surface area contributed by atoms with E-state index in [1.165, 1.54) is 20.3 Å². The zero-order valence-electron chi connectivity index (χ0n) is 9.97. The molecule has 1 aromatic rings. The molecule has 0 saturated heterocycles. The van der Waals surface area contributed by atoms with Gasteiger partial charge in [-0.15, -0.1) is 0 Å². The van der Waals surface area contributed by atoms with Crippen LogP contribution in [0.1, 0.15) is 51.2 Å². The second-order valence-electron chi connectivity index (χ2n) is 4.27. The van der Waals surface area contributed by atoms with E-state index in [2.05, 4.69) is 74.6 Å². The van der Waals surface area contributed by atoms with Crippen LogP contribution in [-0.2, 0) is 0 Å². The van der Waals surface area contributed by atoms with Crippen LogP contribution in [0.5, 0.6) is 0 Å². The molecule has 0 spiro atoms. The van der Waals surface area contributed by atoms with Gasteiger partial charge in [-0.2, -0.15) is 0 Å². The van der Waals surface area contributed by atoms with Crippen LogP contribution in [-0.4, -0.2) is 0 Å². The molecule has 0 aliphatic carbocycles. The van der Waals surface area contributed by atoms with Gasteiger partial charge in [0.1, 0.15) is 0 Å². The molecule has 0 aromatic heterocycles. The summed E-state index contributed by atoms with van der Waals surface area (Å²) in [6.07, 6.45) is 3.44. The van der Waals surface area contributed by atoms with E-state index in [9.17, 15) is 0 Å². The van der Waals surface area contributed by atoms with Crippen molar-refractivity contribution in [3.05, 3.63) is 38.5 Å². The van der Waals surface area contributed by atoms with Crippen molar-refractivity contribution in [2.75, 3.05) is 0 Å². The average Bonchev–Trinajstić information content (AvgIpc) is 2.20. The van der Waals surface area contributed by atoms with E-state index >= 15 is 0 Å². The van der Waals surface area contributed by atoms with Crippen LogP contribution in [0.2, 0.25) is 0 Å². The summed E-state index contributed by atoms with van der Waals surface area (Å²) in [6.45, 7) is 8.91. The van der Waals surface area contributed by atoms with Gasteiger partial charge in [0.2, 0.25) is 0 Å². The van der Waals surface area contributed by atoms with Crippen LogP contribution >= 0.6 is 22.6 Å². The molecule has 1 rings (SSSR count). The molecular weight excluding hydrogens is 295 g/mol. The van der Waals surface area contributed by atoms with Gasteiger partial charge in [-0.3, -0.25) is 0 Å². The molecule has 1 heteroatoms. The van der Waals surface area contributed by atoms with Crippen molar-refractivity contribution in [1.82, 2.24) is 0 Å².